The lowest BCUT2D eigenvalue weighted by molar-refractivity contribution is 0.390. The normalized spacial score (nSPS) is 24.0. The molecule has 0 bridgehead atoms. The van der Waals surface area contributed by atoms with E-state index in [4.69, 9.17) is 0 Å². The highest BCUT2D eigenvalue weighted by Gasteiger charge is 2.22. The molecule has 72 valence electrons. The molecule has 0 heterocycles. The Hall–Kier alpha value is 0.480. The van der Waals surface area contributed by atoms with Crippen LogP contribution >= 0.6 is 15.9 Å². The van der Waals surface area contributed by atoms with Crippen LogP contribution in [0.5, 0.6) is 0 Å². The van der Waals surface area contributed by atoms with Gasteiger partial charge in [-0.05, 0) is 24.7 Å². The fourth-order valence-electron chi connectivity index (χ4n) is 2.17. The second-order valence-corrected chi connectivity index (χ2v) is 5.50. The van der Waals surface area contributed by atoms with Crippen LogP contribution in [0.4, 0.5) is 0 Å². The van der Waals surface area contributed by atoms with Crippen molar-refractivity contribution < 1.29 is 0 Å². The summed E-state index contributed by atoms with van der Waals surface area (Å²) < 4.78 is 0. The first kappa shape index (κ1) is 10.6. The monoisotopic (exact) mass is 232 g/mol. The van der Waals surface area contributed by atoms with Crippen LogP contribution in [-0.2, 0) is 0 Å². The third-order valence-corrected chi connectivity index (χ3v) is 4.79. The van der Waals surface area contributed by atoms with Crippen LogP contribution in [0.25, 0.3) is 0 Å². The molecular formula is C11H21Br. The lowest BCUT2D eigenvalue weighted by Crippen LogP contribution is -2.19. The summed E-state index contributed by atoms with van der Waals surface area (Å²) in [5, 5.41) is 0. The van der Waals surface area contributed by atoms with Gasteiger partial charge in [-0.25, -0.2) is 0 Å². The maximum atomic E-state index is 3.84. The van der Waals surface area contributed by atoms with Crippen LogP contribution in [0.2, 0.25) is 0 Å². The summed E-state index contributed by atoms with van der Waals surface area (Å²) in [5.41, 5.74) is 0. The van der Waals surface area contributed by atoms with Gasteiger partial charge in [-0.1, -0.05) is 55.5 Å². The lowest BCUT2D eigenvalue weighted by atomic mass is 9.91. The number of rotatable bonds is 2. The maximum Gasteiger partial charge on any atom is 0.0197 e. The average Bonchev–Trinajstić information content (AvgIpc) is 2.30. The summed E-state index contributed by atoms with van der Waals surface area (Å²) in [6.45, 7) is 4.65. The van der Waals surface area contributed by atoms with Crippen LogP contribution in [0, 0.1) is 11.8 Å². The summed E-state index contributed by atoms with van der Waals surface area (Å²) in [6, 6.07) is 0. The minimum atomic E-state index is 0.760. The number of hydrogen-bond donors (Lipinski definition) is 0. The average molecular weight is 233 g/mol. The Balaban J connectivity index is 2.37. The number of alkyl halides is 1. The quantitative estimate of drug-likeness (QED) is 0.490. The molecule has 1 heteroatoms. The number of halogens is 1. The molecule has 1 aliphatic rings. The predicted molar refractivity (Wildman–Crippen MR) is 58.7 cm³/mol. The van der Waals surface area contributed by atoms with Gasteiger partial charge in [0.2, 0.25) is 0 Å². The minimum Gasteiger partial charge on any atom is -0.0885 e. The highest BCUT2D eigenvalue weighted by Crippen LogP contribution is 2.32. The van der Waals surface area contributed by atoms with E-state index in [-0.39, 0.29) is 0 Å². The van der Waals surface area contributed by atoms with E-state index in [1.807, 2.05) is 0 Å². The molecule has 0 saturated heterocycles. The van der Waals surface area contributed by atoms with Crippen LogP contribution in [0.1, 0.15) is 52.4 Å². The molecule has 0 amide bonds. The molecule has 0 N–H and O–H groups in total. The van der Waals surface area contributed by atoms with Crippen molar-refractivity contribution in [3.05, 3.63) is 0 Å². The van der Waals surface area contributed by atoms with E-state index in [0.29, 0.717) is 0 Å². The van der Waals surface area contributed by atoms with Gasteiger partial charge in [0.15, 0.2) is 0 Å². The largest absolute Gasteiger partial charge is 0.0885 e. The van der Waals surface area contributed by atoms with E-state index in [2.05, 4.69) is 29.8 Å². The van der Waals surface area contributed by atoms with Crippen molar-refractivity contribution in [1.29, 1.82) is 0 Å². The molecule has 0 aromatic carbocycles. The molecule has 0 aromatic heterocycles. The Kier molecular flexibility index (Phi) is 4.63. The van der Waals surface area contributed by atoms with Gasteiger partial charge in [0.25, 0.3) is 0 Å². The minimum absolute atomic E-state index is 0.760. The van der Waals surface area contributed by atoms with E-state index in [9.17, 15) is 0 Å². The van der Waals surface area contributed by atoms with E-state index < -0.39 is 0 Å². The first-order valence-corrected chi connectivity index (χ1v) is 6.27. The van der Waals surface area contributed by atoms with Gasteiger partial charge in [-0.3, -0.25) is 0 Å². The van der Waals surface area contributed by atoms with Gasteiger partial charge in [-0.15, -0.1) is 0 Å². The fourth-order valence-corrected chi connectivity index (χ4v) is 2.70. The van der Waals surface area contributed by atoms with Crippen molar-refractivity contribution in [1.82, 2.24) is 0 Å². The molecule has 1 saturated carbocycles. The zero-order valence-corrected chi connectivity index (χ0v) is 9.94. The summed E-state index contributed by atoms with van der Waals surface area (Å²) in [5.74, 6) is 1.75. The van der Waals surface area contributed by atoms with Crippen molar-refractivity contribution in [2.45, 2.75) is 57.2 Å². The van der Waals surface area contributed by atoms with Gasteiger partial charge < -0.3 is 0 Å². The van der Waals surface area contributed by atoms with E-state index in [1.165, 1.54) is 38.5 Å². The Morgan fingerprint density at radius 2 is 1.50 bits per heavy atom. The molecule has 0 nitrogen and oxygen atoms in total. The standard InChI is InChI=1S/C11H21Br/c1-9(2)11(12)10-7-5-3-4-6-8-10/h9-11H,3-8H2,1-2H3. The first-order chi connectivity index (χ1) is 5.72. The van der Waals surface area contributed by atoms with Gasteiger partial charge in [0.1, 0.15) is 0 Å². The SMILES string of the molecule is CC(C)C(Br)C1CCCCCC1. The molecule has 1 unspecified atom stereocenters. The molecule has 1 atom stereocenters. The lowest BCUT2D eigenvalue weighted by Gasteiger charge is -2.23. The Bertz CT molecular complexity index is 112. The maximum absolute atomic E-state index is 3.84. The molecule has 1 rings (SSSR count). The second-order valence-electron chi connectivity index (χ2n) is 4.44. The summed E-state index contributed by atoms with van der Waals surface area (Å²) in [4.78, 5) is 0.760. The summed E-state index contributed by atoms with van der Waals surface area (Å²) >= 11 is 3.84. The van der Waals surface area contributed by atoms with Gasteiger partial charge in [0.05, 0.1) is 0 Å². The van der Waals surface area contributed by atoms with Crippen LogP contribution in [0.15, 0.2) is 0 Å². The molecular weight excluding hydrogens is 212 g/mol. The second kappa shape index (κ2) is 5.26. The molecule has 0 aromatic rings. The van der Waals surface area contributed by atoms with Crippen molar-refractivity contribution >= 4 is 15.9 Å². The summed E-state index contributed by atoms with van der Waals surface area (Å²) in [6.07, 6.45) is 8.75. The Labute approximate surface area is 85.3 Å². The molecule has 0 radical (unpaired) electrons. The van der Waals surface area contributed by atoms with Crippen LogP contribution < -0.4 is 0 Å². The van der Waals surface area contributed by atoms with Gasteiger partial charge in [-0.2, -0.15) is 0 Å². The summed E-state index contributed by atoms with van der Waals surface area (Å²) in [7, 11) is 0. The Morgan fingerprint density at radius 1 is 1.00 bits per heavy atom. The van der Waals surface area contributed by atoms with Crippen LogP contribution in [0.3, 0.4) is 0 Å². The molecule has 1 aliphatic carbocycles. The predicted octanol–water partition coefficient (Wildman–Crippen LogP) is 4.38. The van der Waals surface area contributed by atoms with Gasteiger partial charge >= 0.3 is 0 Å². The van der Waals surface area contributed by atoms with Crippen molar-refractivity contribution in [2.75, 3.05) is 0 Å². The molecule has 12 heavy (non-hydrogen) atoms. The fraction of sp³-hybridized carbons (Fsp3) is 1.00. The zero-order valence-electron chi connectivity index (χ0n) is 8.35. The van der Waals surface area contributed by atoms with E-state index in [0.717, 1.165) is 16.7 Å². The van der Waals surface area contributed by atoms with Crippen molar-refractivity contribution in [3.63, 3.8) is 0 Å². The highest BCUT2D eigenvalue weighted by molar-refractivity contribution is 9.09. The first-order valence-electron chi connectivity index (χ1n) is 5.36. The smallest absolute Gasteiger partial charge is 0.0197 e. The third-order valence-electron chi connectivity index (χ3n) is 2.99. The topological polar surface area (TPSA) is 0 Å². The van der Waals surface area contributed by atoms with Crippen LogP contribution in [-0.4, -0.2) is 4.83 Å². The number of hydrogen-bond acceptors (Lipinski definition) is 0. The molecule has 0 aliphatic heterocycles. The van der Waals surface area contributed by atoms with Gasteiger partial charge in [0, 0.05) is 4.83 Å². The van der Waals surface area contributed by atoms with E-state index in [1.54, 1.807) is 0 Å². The third kappa shape index (κ3) is 3.08. The van der Waals surface area contributed by atoms with Crippen molar-refractivity contribution in [2.24, 2.45) is 11.8 Å². The molecule has 1 fully saturated rings. The van der Waals surface area contributed by atoms with E-state index >= 15 is 0 Å². The zero-order chi connectivity index (χ0) is 8.97. The van der Waals surface area contributed by atoms with Crippen molar-refractivity contribution in [3.8, 4) is 0 Å². The highest BCUT2D eigenvalue weighted by atomic mass is 79.9. The molecule has 0 spiro atoms. The Morgan fingerprint density at radius 3 is 1.92 bits per heavy atom.